The molecule has 2 atom stereocenters. The minimum atomic E-state index is -0.930. The molecular weight excluding hydrogens is 272 g/mol. The summed E-state index contributed by atoms with van der Waals surface area (Å²) in [4.78, 5) is 36.3. The molecule has 6 heteroatoms. The van der Waals surface area contributed by atoms with Gasteiger partial charge in [0.1, 0.15) is 0 Å². The zero-order valence-corrected chi connectivity index (χ0v) is 12.9. The number of likely N-dealkylation sites (tertiary alicyclic amines) is 1. The molecule has 1 rings (SSSR count). The Labute approximate surface area is 125 Å². The molecule has 1 aliphatic rings. The van der Waals surface area contributed by atoms with E-state index in [1.165, 1.54) is 0 Å². The number of aliphatic carboxylic acids is 1. The predicted molar refractivity (Wildman–Crippen MR) is 78.8 cm³/mol. The highest BCUT2D eigenvalue weighted by Gasteiger charge is 2.27. The lowest BCUT2D eigenvalue weighted by molar-refractivity contribution is -0.138. The molecule has 0 aromatic rings. The van der Waals surface area contributed by atoms with Gasteiger partial charge in [0.15, 0.2) is 0 Å². The third-order valence-electron chi connectivity index (χ3n) is 3.81. The number of rotatable bonds is 6. The molecule has 0 radical (unpaired) electrons. The number of carbonyl (C=O) groups is 3. The van der Waals surface area contributed by atoms with Crippen molar-refractivity contribution in [1.82, 2.24) is 10.2 Å². The zero-order valence-electron chi connectivity index (χ0n) is 12.9. The molecule has 120 valence electrons. The van der Waals surface area contributed by atoms with E-state index >= 15 is 0 Å². The van der Waals surface area contributed by atoms with Crippen molar-refractivity contribution in [2.75, 3.05) is 6.54 Å². The number of nitrogens with one attached hydrogen (secondary N) is 1. The van der Waals surface area contributed by atoms with Gasteiger partial charge in [-0.2, -0.15) is 0 Å². The summed E-state index contributed by atoms with van der Waals surface area (Å²) >= 11 is 0. The van der Waals surface area contributed by atoms with E-state index < -0.39 is 11.9 Å². The van der Waals surface area contributed by atoms with Gasteiger partial charge in [0.25, 0.3) is 0 Å². The number of carboxylic acids is 1. The molecule has 3 amide bonds. The van der Waals surface area contributed by atoms with Crippen LogP contribution in [0.25, 0.3) is 0 Å². The number of urea groups is 1. The smallest absolute Gasteiger partial charge is 0.324 e. The maximum Gasteiger partial charge on any atom is 0.324 e. The van der Waals surface area contributed by atoms with Gasteiger partial charge in [0, 0.05) is 25.4 Å². The fourth-order valence-electron chi connectivity index (χ4n) is 2.83. The molecule has 1 saturated heterocycles. The van der Waals surface area contributed by atoms with Crippen molar-refractivity contribution in [2.45, 2.75) is 64.8 Å². The molecule has 0 aliphatic carbocycles. The molecule has 1 fully saturated rings. The first kappa shape index (κ1) is 17.5. The topological polar surface area (TPSA) is 86.7 Å². The lowest BCUT2D eigenvalue weighted by Crippen LogP contribution is -2.50. The third-order valence-corrected chi connectivity index (χ3v) is 3.81. The zero-order chi connectivity index (χ0) is 15.8. The summed E-state index contributed by atoms with van der Waals surface area (Å²) in [7, 11) is 0. The van der Waals surface area contributed by atoms with Crippen LogP contribution in [0.3, 0.4) is 0 Å². The van der Waals surface area contributed by atoms with Gasteiger partial charge in [-0.25, -0.2) is 4.79 Å². The Kier molecular flexibility index (Phi) is 7.19. The molecule has 2 N–H and O–H groups in total. The number of carbonyl (C=O) groups excluding carboxylic acids is 2. The molecule has 6 nitrogen and oxygen atoms in total. The summed E-state index contributed by atoms with van der Waals surface area (Å²) in [6, 6.07) is -0.117. The largest absolute Gasteiger partial charge is 0.481 e. The van der Waals surface area contributed by atoms with Crippen LogP contribution in [0.1, 0.15) is 58.8 Å². The molecule has 1 aliphatic heterocycles. The van der Waals surface area contributed by atoms with Crippen LogP contribution in [-0.4, -0.2) is 40.5 Å². The molecule has 1 heterocycles. The first-order valence-electron chi connectivity index (χ1n) is 7.76. The Morgan fingerprint density at radius 3 is 2.62 bits per heavy atom. The standard InChI is InChI=1S/C15H26N2O4/c1-3-6-12-7-4-5-8-17(12)15(21)16-13(18)9-11(2)10-14(19)20/h11-12H,3-10H2,1-2H3,(H,19,20)(H,16,18,21). The molecule has 0 aromatic carbocycles. The lowest BCUT2D eigenvalue weighted by atomic mass is 9.98. The number of hydrogen-bond acceptors (Lipinski definition) is 3. The van der Waals surface area contributed by atoms with E-state index in [1.807, 2.05) is 0 Å². The first-order chi connectivity index (χ1) is 9.93. The number of nitrogens with zero attached hydrogens (tertiary/aromatic N) is 1. The van der Waals surface area contributed by atoms with Crippen LogP contribution >= 0.6 is 0 Å². The van der Waals surface area contributed by atoms with Crippen LogP contribution in [0, 0.1) is 5.92 Å². The summed E-state index contributed by atoms with van der Waals surface area (Å²) < 4.78 is 0. The van der Waals surface area contributed by atoms with E-state index in [-0.39, 0.29) is 30.8 Å². The second-order valence-corrected chi connectivity index (χ2v) is 5.89. The van der Waals surface area contributed by atoms with Crippen LogP contribution in [0.5, 0.6) is 0 Å². The highest BCUT2D eigenvalue weighted by molar-refractivity contribution is 5.94. The highest BCUT2D eigenvalue weighted by Crippen LogP contribution is 2.20. The van der Waals surface area contributed by atoms with E-state index in [9.17, 15) is 14.4 Å². The molecule has 21 heavy (non-hydrogen) atoms. The predicted octanol–water partition coefficient (Wildman–Crippen LogP) is 2.38. The average molecular weight is 298 g/mol. The van der Waals surface area contributed by atoms with Gasteiger partial charge < -0.3 is 10.0 Å². The summed E-state index contributed by atoms with van der Waals surface area (Å²) in [5, 5.41) is 11.1. The molecule has 0 bridgehead atoms. The maximum absolute atomic E-state index is 12.2. The van der Waals surface area contributed by atoms with Crippen molar-refractivity contribution >= 4 is 17.9 Å². The minimum Gasteiger partial charge on any atom is -0.481 e. The normalized spacial score (nSPS) is 19.9. The summed E-state index contributed by atoms with van der Waals surface area (Å²) in [6.45, 7) is 4.47. The van der Waals surface area contributed by atoms with Gasteiger partial charge in [-0.3, -0.25) is 14.9 Å². The molecule has 0 spiro atoms. The number of amides is 3. The molecule has 2 unspecified atom stereocenters. The van der Waals surface area contributed by atoms with Crippen molar-refractivity contribution < 1.29 is 19.5 Å². The number of carboxylic acid groups (broad SMARTS) is 1. The number of piperidine rings is 1. The van der Waals surface area contributed by atoms with Gasteiger partial charge >= 0.3 is 12.0 Å². The van der Waals surface area contributed by atoms with Crippen molar-refractivity contribution in [3.8, 4) is 0 Å². The van der Waals surface area contributed by atoms with Crippen molar-refractivity contribution in [1.29, 1.82) is 0 Å². The molecule has 0 saturated carbocycles. The Hall–Kier alpha value is -1.59. The third kappa shape index (κ3) is 6.14. The Balaban J connectivity index is 2.46. The monoisotopic (exact) mass is 298 g/mol. The first-order valence-corrected chi connectivity index (χ1v) is 7.76. The lowest BCUT2D eigenvalue weighted by Gasteiger charge is -2.35. The van der Waals surface area contributed by atoms with E-state index in [0.717, 1.165) is 32.1 Å². The van der Waals surface area contributed by atoms with Crippen LogP contribution in [0.4, 0.5) is 4.79 Å². The van der Waals surface area contributed by atoms with Crippen molar-refractivity contribution in [2.24, 2.45) is 5.92 Å². The second-order valence-electron chi connectivity index (χ2n) is 5.89. The summed E-state index contributed by atoms with van der Waals surface area (Å²) in [5.41, 5.74) is 0. The van der Waals surface area contributed by atoms with Gasteiger partial charge in [-0.15, -0.1) is 0 Å². The Morgan fingerprint density at radius 2 is 2.00 bits per heavy atom. The Bertz CT molecular complexity index is 382. The summed E-state index contributed by atoms with van der Waals surface area (Å²) in [5.74, 6) is -1.60. The van der Waals surface area contributed by atoms with E-state index in [1.54, 1.807) is 11.8 Å². The maximum atomic E-state index is 12.2. The molecule has 0 aromatic heterocycles. The van der Waals surface area contributed by atoms with Gasteiger partial charge in [0.05, 0.1) is 0 Å². The van der Waals surface area contributed by atoms with Crippen molar-refractivity contribution in [3.63, 3.8) is 0 Å². The van der Waals surface area contributed by atoms with Gasteiger partial charge in [0.2, 0.25) is 5.91 Å². The Morgan fingerprint density at radius 1 is 1.29 bits per heavy atom. The van der Waals surface area contributed by atoms with Crippen molar-refractivity contribution in [3.05, 3.63) is 0 Å². The fourth-order valence-corrected chi connectivity index (χ4v) is 2.83. The molecular formula is C15H26N2O4. The van der Waals surface area contributed by atoms with E-state index in [0.29, 0.717) is 6.54 Å². The number of imide groups is 1. The minimum absolute atomic E-state index is 0.0598. The second kappa shape index (κ2) is 8.64. The van der Waals surface area contributed by atoms with E-state index in [2.05, 4.69) is 12.2 Å². The van der Waals surface area contributed by atoms with Crippen LogP contribution in [0.15, 0.2) is 0 Å². The van der Waals surface area contributed by atoms with Crippen LogP contribution in [-0.2, 0) is 9.59 Å². The average Bonchev–Trinajstić information content (AvgIpc) is 2.38. The highest BCUT2D eigenvalue weighted by atomic mass is 16.4. The van der Waals surface area contributed by atoms with Crippen LogP contribution < -0.4 is 5.32 Å². The van der Waals surface area contributed by atoms with Gasteiger partial charge in [-0.1, -0.05) is 20.3 Å². The van der Waals surface area contributed by atoms with Gasteiger partial charge in [-0.05, 0) is 31.6 Å². The summed E-state index contributed by atoms with van der Waals surface area (Å²) in [6.07, 6.45) is 5.04. The SMILES string of the molecule is CCCC1CCCCN1C(=O)NC(=O)CC(C)CC(=O)O. The van der Waals surface area contributed by atoms with E-state index in [4.69, 9.17) is 5.11 Å². The fraction of sp³-hybridized carbons (Fsp3) is 0.800. The number of hydrogen-bond donors (Lipinski definition) is 2. The van der Waals surface area contributed by atoms with Crippen LogP contribution in [0.2, 0.25) is 0 Å². The quantitative estimate of drug-likeness (QED) is 0.788.